The topological polar surface area (TPSA) is 52.6 Å². The maximum Gasteiger partial charge on any atom is 0.347 e. The number of methoxy groups -OCH3 is 1. The summed E-state index contributed by atoms with van der Waals surface area (Å²) in [6, 6.07) is 7.28. The summed E-state index contributed by atoms with van der Waals surface area (Å²) < 4.78 is 9.88. The summed E-state index contributed by atoms with van der Waals surface area (Å²) in [7, 11) is 1.29. The number of rotatable bonds is 7. The Kier molecular flexibility index (Phi) is 7.23. The fraction of sp³-hybridized carbons (Fsp3) is 0.500. The Bertz CT molecular complexity index is 468. The summed E-state index contributed by atoms with van der Waals surface area (Å²) in [6.07, 6.45) is 0.394. The third-order valence-corrected chi connectivity index (χ3v) is 3.21. The van der Waals surface area contributed by atoms with Crippen LogP contribution in [0.4, 0.5) is 0 Å². The molecule has 4 nitrogen and oxygen atoms in total. The number of carbonyl (C=O) groups excluding carboxylic acids is 2. The van der Waals surface area contributed by atoms with Crippen LogP contribution in [0.5, 0.6) is 0 Å². The number of benzene rings is 1. The van der Waals surface area contributed by atoms with Crippen LogP contribution in [0.15, 0.2) is 24.3 Å². The maximum atomic E-state index is 11.8. The summed E-state index contributed by atoms with van der Waals surface area (Å²) in [6.45, 7) is 3.91. The van der Waals surface area contributed by atoms with Gasteiger partial charge in [-0.25, -0.2) is 4.79 Å². The molecule has 1 aromatic carbocycles. The molecule has 1 atom stereocenters. The van der Waals surface area contributed by atoms with Crippen LogP contribution in [0.2, 0.25) is 5.02 Å². The molecular formula is C16H21ClO4. The Hall–Kier alpha value is -1.55. The number of hydrogen-bond acceptors (Lipinski definition) is 4. The van der Waals surface area contributed by atoms with Gasteiger partial charge in [0.1, 0.15) is 0 Å². The summed E-state index contributed by atoms with van der Waals surface area (Å²) in [5.74, 6) is -0.678. The van der Waals surface area contributed by atoms with Crippen molar-refractivity contribution in [3.8, 4) is 0 Å². The van der Waals surface area contributed by atoms with E-state index < -0.39 is 18.0 Å². The molecule has 0 amide bonds. The molecule has 1 aromatic rings. The highest BCUT2D eigenvalue weighted by Gasteiger charge is 2.24. The zero-order chi connectivity index (χ0) is 15.8. The van der Waals surface area contributed by atoms with Gasteiger partial charge in [0.15, 0.2) is 6.10 Å². The summed E-state index contributed by atoms with van der Waals surface area (Å²) in [4.78, 5) is 23.4. The van der Waals surface area contributed by atoms with Crippen molar-refractivity contribution in [1.29, 1.82) is 0 Å². The molecule has 0 bridgehead atoms. The van der Waals surface area contributed by atoms with Crippen molar-refractivity contribution in [2.75, 3.05) is 7.11 Å². The van der Waals surface area contributed by atoms with Crippen molar-refractivity contribution in [2.45, 2.75) is 39.2 Å². The summed E-state index contributed by atoms with van der Waals surface area (Å²) >= 11 is 5.80. The van der Waals surface area contributed by atoms with E-state index in [1.165, 1.54) is 7.11 Å². The minimum atomic E-state index is -0.826. The lowest BCUT2D eigenvalue weighted by molar-refractivity contribution is -0.167. The predicted molar refractivity (Wildman–Crippen MR) is 81.1 cm³/mol. The van der Waals surface area contributed by atoms with Crippen LogP contribution < -0.4 is 0 Å². The Labute approximate surface area is 130 Å². The highest BCUT2D eigenvalue weighted by atomic mass is 35.5. The number of aryl methyl sites for hydroxylation is 1. The van der Waals surface area contributed by atoms with Gasteiger partial charge in [-0.15, -0.1) is 0 Å². The third kappa shape index (κ3) is 6.63. The van der Waals surface area contributed by atoms with Gasteiger partial charge in [-0.3, -0.25) is 4.79 Å². The van der Waals surface area contributed by atoms with E-state index in [4.69, 9.17) is 16.3 Å². The van der Waals surface area contributed by atoms with Gasteiger partial charge < -0.3 is 9.47 Å². The van der Waals surface area contributed by atoms with Crippen molar-refractivity contribution >= 4 is 23.5 Å². The molecule has 0 N–H and O–H groups in total. The van der Waals surface area contributed by atoms with Gasteiger partial charge in [-0.1, -0.05) is 37.6 Å². The van der Waals surface area contributed by atoms with Gasteiger partial charge in [0, 0.05) is 11.4 Å². The van der Waals surface area contributed by atoms with E-state index in [1.54, 1.807) is 12.1 Å². The molecule has 1 rings (SSSR count). The lowest BCUT2D eigenvalue weighted by Crippen LogP contribution is -2.30. The van der Waals surface area contributed by atoms with Crippen molar-refractivity contribution < 1.29 is 19.1 Å². The molecule has 0 aliphatic carbocycles. The fourth-order valence-electron chi connectivity index (χ4n) is 1.87. The molecule has 5 heteroatoms. The zero-order valence-corrected chi connectivity index (χ0v) is 13.4. The molecule has 116 valence electrons. The van der Waals surface area contributed by atoms with Crippen LogP contribution in [0.25, 0.3) is 0 Å². The first-order valence-electron chi connectivity index (χ1n) is 6.94. The van der Waals surface area contributed by atoms with E-state index in [0.717, 1.165) is 5.56 Å². The number of halogens is 1. The van der Waals surface area contributed by atoms with E-state index in [9.17, 15) is 9.59 Å². The lowest BCUT2D eigenvalue weighted by atomic mass is 10.1. The normalized spacial score (nSPS) is 12.0. The first kappa shape index (κ1) is 17.5. The van der Waals surface area contributed by atoms with Gasteiger partial charge in [0.05, 0.1) is 7.11 Å². The molecule has 21 heavy (non-hydrogen) atoms. The minimum Gasteiger partial charge on any atom is -0.466 e. The van der Waals surface area contributed by atoms with Crippen molar-refractivity contribution in [3.05, 3.63) is 34.9 Å². The molecular weight excluding hydrogens is 292 g/mol. The van der Waals surface area contributed by atoms with Crippen LogP contribution >= 0.6 is 11.6 Å². The van der Waals surface area contributed by atoms with Crippen LogP contribution in [0, 0.1) is 5.92 Å². The standard InChI is InChI=1S/C16H21ClO4/c1-11(2)10-14(16(19)20-3)21-15(18)9-6-12-4-7-13(17)8-5-12/h4-5,7-8,11,14H,6,9-10H2,1-3H3. The first-order chi connectivity index (χ1) is 9.92. The van der Waals surface area contributed by atoms with Gasteiger partial charge in [-0.05, 0) is 36.5 Å². The second kappa shape index (κ2) is 8.67. The molecule has 0 radical (unpaired) electrons. The first-order valence-corrected chi connectivity index (χ1v) is 7.32. The Balaban J connectivity index is 2.49. The van der Waals surface area contributed by atoms with Gasteiger partial charge in [-0.2, -0.15) is 0 Å². The SMILES string of the molecule is COC(=O)C(CC(C)C)OC(=O)CCc1ccc(Cl)cc1. The van der Waals surface area contributed by atoms with E-state index >= 15 is 0 Å². The van der Waals surface area contributed by atoms with Crippen molar-refractivity contribution in [3.63, 3.8) is 0 Å². The molecule has 0 saturated heterocycles. The zero-order valence-electron chi connectivity index (χ0n) is 12.6. The summed E-state index contributed by atoms with van der Waals surface area (Å²) in [5, 5.41) is 0.656. The Morgan fingerprint density at radius 1 is 1.19 bits per heavy atom. The number of hydrogen-bond donors (Lipinski definition) is 0. The molecule has 0 aliphatic heterocycles. The molecule has 0 saturated carbocycles. The summed E-state index contributed by atoms with van der Waals surface area (Å²) in [5.41, 5.74) is 0.995. The highest BCUT2D eigenvalue weighted by Crippen LogP contribution is 2.14. The molecule has 0 aromatic heterocycles. The number of esters is 2. The van der Waals surface area contributed by atoms with Gasteiger partial charge in [0.2, 0.25) is 0 Å². The monoisotopic (exact) mass is 312 g/mol. The van der Waals surface area contributed by atoms with Crippen molar-refractivity contribution in [1.82, 2.24) is 0 Å². The third-order valence-electron chi connectivity index (χ3n) is 2.95. The molecule has 1 unspecified atom stereocenters. The van der Waals surface area contributed by atoms with Crippen LogP contribution in [0.1, 0.15) is 32.3 Å². The largest absolute Gasteiger partial charge is 0.466 e. The van der Waals surface area contributed by atoms with E-state index in [1.807, 2.05) is 26.0 Å². The van der Waals surface area contributed by atoms with Crippen LogP contribution in [-0.2, 0) is 25.5 Å². The maximum absolute atomic E-state index is 11.8. The van der Waals surface area contributed by atoms with Gasteiger partial charge >= 0.3 is 11.9 Å². The Morgan fingerprint density at radius 3 is 2.33 bits per heavy atom. The average Bonchev–Trinajstić information content (AvgIpc) is 2.44. The fourth-order valence-corrected chi connectivity index (χ4v) is 1.99. The Morgan fingerprint density at radius 2 is 1.81 bits per heavy atom. The smallest absolute Gasteiger partial charge is 0.347 e. The lowest BCUT2D eigenvalue weighted by Gasteiger charge is -2.17. The average molecular weight is 313 g/mol. The molecule has 0 heterocycles. The van der Waals surface area contributed by atoms with E-state index in [2.05, 4.69) is 4.74 Å². The van der Waals surface area contributed by atoms with E-state index in [0.29, 0.717) is 17.9 Å². The minimum absolute atomic E-state index is 0.215. The number of carbonyl (C=O) groups is 2. The van der Waals surface area contributed by atoms with Gasteiger partial charge in [0.25, 0.3) is 0 Å². The molecule has 0 aliphatic rings. The molecule has 0 fully saturated rings. The predicted octanol–water partition coefficient (Wildman–Crippen LogP) is 3.40. The number of ether oxygens (including phenoxy) is 2. The second-order valence-electron chi connectivity index (χ2n) is 5.26. The highest BCUT2D eigenvalue weighted by molar-refractivity contribution is 6.30. The second-order valence-corrected chi connectivity index (χ2v) is 5.69. The van der Waals surface area contributed by atoms with Crippen molar-refractivity contribution in [2.24, 2.45) is 5.92 Å². The van der Waals surface area contributed by atoms with Crippen LogP contribution in [-0.4, -0.2) is 25.2 Å². The van der Waals surface area contributed by atoms with E-state index in [-0.39, 0.29) is 12.3 Å². The quantitative estimate of drug-likeness (QED) is 0.724. The van der Waals surface area contributed by atoms with Crippen LogP contribution in [0.3, 0.4) is 0 Å². The molecule has 0 spiro atoms.